The van der Waals surface area contributed by atoms with Crippen LogP contribution < -0.4 is 0 Å². The number of nitro benzene ring substituents is 1. The van der Waals surface area contributed by atoms with E-state index in [0.29, 0.717) is 25.7 Å². The summed E-state index contributed by atoms with van der Waals surface area (Å²) in [5, 5.41) is 11.6. The molecule has 1 aliphatic carbocycles. The lowest BCUT2D eigenvalue weighted by molar-refractivity contribution is -0.387. The van der Waals surface area contributed by atoms with Gasteiger partial charge in [-0.25, -0.2) is 8.42 Å². The largest absolute Gasteiger partial charge is 0.359 e. The summed E-state index contributed by atoms with van der Waals surface area (Å²) in [6.07, 6.45) is 9.14. The maximum Gasteiger partial charge on any atom is 0.289 e. The quantitative estimate of drug-likeness (QED) is 0.188. The van der Waals surface area contributed by atoms with Gasteiger partial charge in [-0.15, -0.1) is 0 Å². The van der Waals surface area contributed by atoms with Crippen molar-refractivity contribution in [2.24, 2.45) is 11.3 Å². The van der Waals surface area contributed by atoms with Gasteiger partial charge in [0.25, 0.3) is 15.7 Å². The van der Waals surface area contributed by atoms with E-state index in [-0.39, 0.29) is 23.2 Å². The number of hydrogen-bond acceptors (Lipinski definition) is 6. The number of carbonyl (C=O) groups excluding carboxylic acids is 1. The normalized spacial score (nSPS) is 27.5. The molecule has 1 aliphatic heterocycles. The number of ketones is 1. The molecule has 1 saturated heterocycles. The Kier molecular flexibility index (Phi) is 9.46. The third kappa shape index (κ3) is 5.62. The van der Waals surface area contributed by atoms with Gasteiger partial charge in [0.05, 0.1) is 23.0 Å². The van der Waals surface area contributed by atoms with Crippen molar-refractivity contribution >= 4 is 21.5 Å². The van der Waals surface area contributed by atoms with Crippen LogP contribution in [0.5, 0.6) is 0 Å². The number of rotatable bonds is 13. The van der Waals surface area contributed by atoms with Crippen LogP contribution in [0, 0.1) is 21.4 Å². The van der Waals surface area contributed by atoms with Crippen LogP contribution >= 0.6 is 0 Å². The van der Waals surface area contributed by atoms with E-state index in [0.717, 1.165) is 19.3 Å². The predicted octanol–water partition coefficient (Wildman–Crippen LogP) is 5.85. The Bertz CT molecular complexity index is 997. The molecule has 2 aliphatic rings. The lowest BCUT2D eigenvalue weighted by Gasteiger charge is -2.39. The first-order valence-electron chi connectivity index (χ1n) is 13.1. The highest BCUT2D eigenvalue weighted by atomic mass is 32.2. The summed E-state index contributed by atoms with van der Waals surface area (Å²) in [4.78, 5) is 24.2. The molecular weight excluding hydrogens is 468 g/mol. The van der Waals surface area contributed by atoms with E-state index in [1.165, 1.54) is 54.3 Å². The number of unbranched alkanes of at least 4 members (excludes halogenated alkanes) is 6. The van der Waals surface area contributed by atoms with Gasteiger partial charge in [-0.1, -0.05) is 77.8 Å². The van der Waals surface area contributed by atoms with Crippen LogP contribution in [-0.2, 0) is 19.6 Å². The SMILES string of the molecule is CCCCCCCCC[C@@]1([C@H]2OC[C@@H](CC)N2S(=O)(=O)c2ccccc2[N+](=O)[O-])CC[C@@H](C)C1=O. The first kappa shape index (κ1) is 27.7. The fourth-order valence-electron chi connectivity index (χ4n) is 5.74. The van der Waals surface area contributed by atoms with Crippen LogP contribution in [0.2, 0.25) is 0 Å². The number of nitrogens with zero attached hydrogens (tertiary/aromatic N) is 2. The van der Waals surface area contributed by atoms with Crippen molar-refractivity contribution in [2.75, 3.05) is 6.61 Å². The number of carbonyl (C=O) groups is 1. The van der Waals surface area contributed by atoms with Gasteiger partial charge in [-0.3, -0.25) is 14.9 Å². The zero-order valence-corrected chi connectivity index (χ0v) is 22.1. The molecule has 1 heterocycles. The third-order valence-electron chi connectivity index (χ3n) is 7.79. The molecule has 1 saturated carbocycles. The minimum absolute atomic E-state index is 0.0630. The van der Waals surface area contributed by atoms with Crippen molar-refractivity contribution < 1.29 is 22.9 Å². The standard InChI is InChI=1S/C26H40N2O6S/c1-4-6-7-8-9-10-13-17-26(18-16-20(3)24(26)29)25-27(21(5-2)19-34-25)35(32,33)23-15-12-11-14-22(23)28(30)31/h11-12,14-15,20-21,25H,4-10,13,16-19H2,1-3H3/t20-,21-,25-,26-/m1/s1. The Morgan fingerprint density at radius 2 is 1.77 bits per heavy atom. The van der Waals surface area contributed by atoms with Crippen LogP contribution in [0.15, 0.2) is 29.2 Å². The number of sulfonamides is 1. The summed E-state index contributed by atoms with van der Waals surface area (Å²) in [5.74, 6) is -0.0903. The van der Waals surface area contributed by atoms with Gasteiger partial charge in [0.2, 0.25) is 0 Å². The maximum atomic E-state index is 13.9. The van der Waals surface area contributed by atoms with Crippen molar-refractivity contribution in [3.8, 4) is 0 Å². The second kappa shape index (κ2) is 11.9. The van der Waals surface area contributed by atoms with E-state index in [4.69, 9.17) is 4.74 Å². The minimum Gasteiger partial charge on any atom is -0.359 e. The molecule has 196 valence electrons. The molecule has 2 fully saturated rings. The van der Waals surface area contributed by atoms with Crippen LogP contribution in [-0.4, -0.2) is 42.3 Å². The molecule has 0 amide bonds. The van der Waals surface area contributed by atoms with Crippen molar-refractivity contribution in [3.63, 3.8) is 0 Å². The Hall–Kier alpha value is -1.84. The summed E-state index contributed by atoms with van der Waals surface area (Å²) in [5.41, 5.74) is -1.37. The van der Waals surface area contributed by atoms with E-state index in [9.17, 15) is 23.3 Å². The molecule has 0 N–H and O–H groups in total. The fourth-order valence-corrected chi connectivity index (χ4v) is 7.74. The van der Waals surface area contributed by atoms with Gasteiger partial charge in [-0.05, 0) is 31.7 Å². The van der Waals surface area contributed by atoms with E-state index in [1.54, 1.807) is 0 Å². The number of para-hydroxylation sites is 1. The third-order valence-corrected chi connectivity index (χ3v) is 9.73. The summed E-state index contributed by atoms with van der Waals surface area (Å²) >= 11 is 0. The van der Waals surface area contributed by atoms with Crippen molar-refractivity contribution in [1.29, 1.82) is 0 Å². The van der Waals surface area contributed by atoms with E-state index < -0.39 is 38.3 Å². The lowest BCUT2D eigenvalue weighted by Crippen LogP contribution is -2.52. The van der Waals surface area contributed by atoms with Crippen molar-refractivity contribution in [2.45, 2.75) is 109 Å². The average molecular weight is 509 g/mol. The second-order valence-corrected chi connectivity index (χ2v) is 12.0. The number of hydrogen-bond donors (Lipinski definition) is 0. The number of benzene rings is 1. The smallest absolute Gasteiger partial charge is 0.289 e. The molecule has 9 heteroatoms. The zero-order valence-electron chi connectivity index (χ0n) is 21.3. The fraction of sp³-hybridized carbons (Fsp3) is 0.731. The van der Waals surface area contributed by atoms with Gasteiger partial charge in [0, 0.05) is 12.0 Å². The molecule has 1 aromatic carbocycles. The minimum atomic E-state index is -4.27. The monoisotopic (exact) mass is 508 g/mol. The van der Waals surface area contributed by atoms with Gasteiger partial charge < -0.3 is 4.74 Å². The van der Waals surface area contributed by atoms with Crippen molar-refractivity contribution in [1.82, 2.24) is 4.31 Å². The predicted molar refractivity (Wildman–Crippen MR) is 134 cm³/mol. The first-order valence-corrected chi connectivity index (χ1v) is 14.6. The molecule has 3 rings (SSSR count). The first-order chi connectivity index (χ1) is 16.7. The molecule has 1 aromatic rings. The zero-order chi connectivity index (χ0) is 25.6. The Labute approximate surface area is 209 Å². The van der Waals surface area contributed by atoms with Crippen LogP contribution in [0.1, 0.15) is 91.4 Å². The van der Waals surface area contributed by atoms with Gasteiger partial charge in [0.15, 0.2) is 4.90 Å². The lowest BCUT2D eigenvalue weighted by atomic mass is 9.77. The highest BCUT2D eigenvalue weighted by Crippen LogP contribution is 2.50. The summed E-state index contributed by atoms with van der Waals surface area (Å²) in [7, 11) is -4.27. The number of nitro groups is 1. The molecular formula is C26H40N2O6S. The van der Waals surface area contributed by atoms with E-state index in [2.05, 4.69) is 6.92 Å². The van der Waals surface area contributed by atoms with Crippen LogP contribution in [0.4, 0.5) is 5.69 Å². The van der Waals surface area contributed by atoms with Crippen LogP contribution in [0.3, 0.4) is 0 Å². The molecule has 35 heavy (non-hydrogen) atoms. The molecule has 0 bridgehead atoms. The van der Waals surface area contributed by atoms with Gasteiger partial charge in [-0.2, -0.15) is 4.31 Å². The second-order valence-electron chi connectivity index (χ2n) is 10.1. The van der Waals surface area contributed by atoms with E-state index >= 15 is 0 Å². The van der Waals surface area contributed by atoms with E-state index in [1.807, 2.05) is 13.8 Å². The van der Waals surface area contributed by atoms with Gasteiger partial charge in [0.1, 0.15) is 12.0 Å². The summed E-state index contributed by atoms with van der Waals surface area (Å²) < 4.78 is 35.3. The average Bonchev–Trinajstić information content (AvgIpc) is 3.41. The molecule has 0 radical (unpaired) electrons. The molecule has 4 atom stereocenters. The Balaban J connectivity index is 1.93. The Morgan fingerprint density at radius 3 is 2.37 bits per heavy atom. The highest BCUT2D eigenvalue weighted by Gasteiger charge is 2.59. The summed E-state index contributed by atoms with van der Waals surface area (Å²) in [6.45, 7) is 6.15. The van der Waals surface area contributed by atoms with Crippen molar-refractivity contribution in [3.05, 3.63) is 34.4 Å². The number of ether oxygens (including phenoxy) is 1. The molecule has 0 aromatic heterocycles. The van der Waals surface area contributed by atoms with Gasteiger partial charge >= 0.3 is 0 Å². The number of Topliss-reactive ketones (excluding diaryl/α,β-unsaturated/α-hetero) is 1. The molecule has 8 nitrogen and oxygen atoms in total. The van der Waals surface area contributed by atoms with Crippen LogP contribution in [0.25, 0.3) is 0 Å². The maximum absolute atomic E-state index is 13.9. The molecule has 0 unspecified atom stereocenters. The topological polar surface area (TPSA) is 107 Å². The highest BCUT2D eigenvalue weighted by molar-refractivity contribution is 7.89. The summed E-state index contributed by atoms with van der Waals surface area (Å²) in [6, 6.07) is 4.95. The Morgan fingerprint density at radius 1 is 1.11 bits per heavy atom. The molecule has 0 spiro atoms.